The van der Waals surface area contributed by atoms with Gasteiger partial charge in [0.25, 0.3) is 5.91 Å². The van der Waals surface area contributed by atoms with Gasteiger partial charge in [-0.05, 0) is 55.3 Å². The molecule has 2 heterocycles. The second-order valence-corrected chi connectivity index (χ2v) is 7.93. The molecule has 0 atom stereocenters. The zero-order valence-corrected chi connectivity index (χ0v) is 17.6. The lowest BCUT2D eigenvalue weighted by atomic mass is 10.1. The van der Waals surface area contributed by atoms with Gasteiger partial charge in [-0.25, -0.2) is 0 Å². The molecule has 1 amide bonds. The summed E-state index contributed by atoms with van der Waals surface area (Å²) in [4.78, 5) is 14.7. The maximum atomic E-state index is 13.2. The van der Waals surface area contributed by atoms with Crippen LogP contribution in [0, 0.1) is 0 Å². The van der Waals surface area contributed by atoms with Crippen molar-refractivity contribution in [3.63, 3.8) is 0 Å². The lowest BCUT2D eigenvalue weighted by Crippen LogP contribution is -2.21. The van der Waals surface area contributed by atoms with Crippen molar-refractivity contribution in [3.8, 4) is 11.3 Å². The SMILES string of the molecule is O=C(Nc1cc(C(F)(F)F)ccc1N1CCCC1)c1ccc(-c2cccc(Cl)c2Cl)o1. The number of nitrogens with zero attached hydrogens (tertiary/aromatic N) is 1. The Morgan fingerprint density at radius 3 is 2.48 bits per heavy atom. The van der Waals surface area contributed by atoms with Crippen LogP contribution in [-0.4, -0.2) is 19.0 Å². The van der Waals surface area contributed by atoms with Crippen LogP contribution in [0.25, 0.3) is 11.3 Å². The van der Waals surface area contributed by atoms with E-state index in [-0.39, 0.29) is 16.5 Å². The molecule has 4 rings (SSSR count). The summed E-state index contributed by atoms with van der Waals surface area (Å²) in [7, 11) is 0. The monoisotopic (exact) mass is 468 g/mol. The van der Waals surface area contributed by atoms with Crippen LogP contribution in [0.2, 0.25) is 10.0 Å². The molecule has 162 valence electrons. The third kappa shape index (κ3) is 4.52. The minimum absolute atomic E-state index is 0.0594. The van der Waals surface area contributed by atoms with Crippen LogP contribution in [0.3, 0.4) is 0 Å². The van der Waals surface area contributed by atoms with E-state index >= 15 is 0 Å². The summed E-state index contributed by atoms with van der Waals surface area (Å²) in [5.41, 5.74) is 0.297. The molecule has 31 heavy (non-hydrogen) atoms. The second-order valence-electron chi connectivity index (χ2n) is 7.14. The first kappa shape index (κ1) is 21.6. The van der Waals surface area contributed by atoms with Gasteiger partial charge in [-0.3, -0.25) is 4.79 Å². The maximum Gasteiger partial charge on any atom is 0.416 e. The molecule has 0 unspecified atom stereocenters. The molecule has 3 aromatic rings. The number of benzene rings is 2. The van der Waals surface area contributed by atoms with Crippen molar-refractivity contribution in [1.82, 2.24) is 0 Å². The molecular weight excluding hydrogens is 452 g/mol. The van der Waals surface area contributed by atoms with Crippen LogP contribution in [0.5, 0.6) is 0 Å². The molecule has 1 saturated heterocycles. The van der Waals surface area contributed by atoms with E-state index in [0.717, 1.165) is 25.0 Å². The Morgan fingerprint density at radius 2 is 1.77 bits per heavy atom. The van der Waals surface area contributed by atoms with Gasteiger partial charge in [-0.15, -0.1) is 0 Å². The number of amides is 1. The molecule has 1 fully saturated rings. The normalized spacial score (nSPS) is 14.2. The van der Waals surface area contributed by atoms with Crippen LogP contribution in [-0.2, 0) is 6.18 Å². The summed E-state index contributed by atoms with van der Waals surface area (Å²) < 4.78 is 45.3. The number of hydrogen-bond donors (Lipinski definition) is 1. The fourth-order valence-corrected chi connectivity index (χ4v) is 3.92. The van der Waals surface area contributed by atoms with Crippen molar-refractivity contribution in [2.24, 2.45) is 0 Å². The molecule has 1 aliphatic rings. The summed E-state index contributed by atoms with van der Waals surface area (Å²) in [6.45, 7) is 1.43. The number of rotatable bonds is 4. The molecule has 2 aromatic carbocycles. The number of nitrogens with one attached hydrogen (secondary N) is 1. The van der Waals surface area contributed by atoms with Crippen molar-refractivity contribution in [2.75, 3.05) is 23.3 Å². The van der Waals surface area contributed by atoms with Gasteiger partial charge < -0.3 is 14.6 Å². The highest BCUT2D eigenvalue weighted by Gasteiger charge is 2.32. The quantitative estimate of drug-likeness (QED) is 0.443. The average molecular weight is 469 g/mol. The molecule has 0 spiro atoms. The highest BCUT2D eigenvalue weighted by atomic mass is 35.5. The third-order valence-electron chi connectivity index (χ3n) is 5.07. The Kier molecular flexibility index (Phi) is 5.90. The topological polar surface area (TPSA) is 45.5 Å². The average Bonchev–Trinajstić information content (AvgIpc) is 3.41. The third-order valence-corrected chi connectivity index (χ3v) is 5.88. The fraction of sp³-hybridized carbons (Fsp3) is 0.227. The van der Waals surface area contributed by atoms with Gasteiger partial charge in [0.05, 0.1) is 27.0 Å². The molecular formula is C22H17Cl2F3N2O2. The first-order valence-electron chi connectivity index (χ1n) is 9.56. The van der Waals surface area contributed by atoms with Crippen molar-refractivity contribution in [3.05, 3.63) is 69.9 Å². The van der Waals surface area contributed by atoms with Crippen LogP contribution in [0.15, 0.2) is 52.9 Å². The van der Waals surface area contributed by atoms with Gasteiger partial charge in [0, 0.05) is 18.7 Å². The highest BCUT2D eigenvalue weighted by Crippen LogP contribution is 2.37. The van der Waals surface area contributed by atoms with E-state index in [1.54, 1.807) is 24.3 Å². The van der Waals surface area contributed by atoms with Crippen LogP contribution in [0.1, 0.15) is 29.0 Å². The van der Waals surface area contributed by atoms with Crippen molar-refractivity contribution >= 4 is 40.5 Å². The van der Waals surface area contributed by atoms with Gasteiger partial charge in [-0.2, -0.15) is 13.2 Å². The van der Waals surface area contributed by atoms with E-state index in [1.165, 1.54) is 12.1 Å². The number of hydrogen-bond acceptors (Lipinski definition) is 3. The summed E-state index contributed by atoms with van der Waals surface area (Å²) in [6.07, 6.45) is -2.64. The lowest BCUT2D eigenvalue weighted by Gasteiger charge is -2.22. The van der Waals surface area contributed by atoms with E-state index < -0.39 is 17.6 Å². The number of anilines is 2. The lowest BCUT2D eigenvalue weighted by molar-refractivity contribution is -0.137. The van der Waals surface area contributed by atoms with Crippen molar-refractivity contribution < 1.29 is 22.4 Å². The highest BCUT2D eigenvalue weighted by molar-refractivity contribution is 6.43. The molecule has 4 nitrogen and oxygen atoms in total. The standard InChI is InChI=1S/C22H17Cl2F3N2O2/c23-15-5-3-4-14(20(15)24)18-8-9-19(31-18)21(30)28-16-12-13(22(25,26)27)6-7-17(16)29-10-1-2-11-29/h3-9,12H,1-2,10-11H2,(H,28,30). The number of carbonyl (C=O) groups is 1. The second kappa shape index (κ2) is 8.48. The Hall–Kier alpha value is -2.64. The molecule has 0 radical (unpaired) electrons. The van der Waals surface area contributed by atoms with Crippen LogP contribution < -0.4 is 10.2 Å². The van der Waals surface area contributed by atoms with E-state index in [4.69, 9.17) is 27.6 Å². The van der Waals surface area contributed by atoms with E-state index in [9.17, 15) is 18.0 Å². The minimum Gasteiger partial charge on any atom is -0.451 e. The Labute approximate surface area is 186 Å². The number of halogens is 5. The molecule has 9 heteroatoms. The first-order chi connectivity index (χ1) is 14.7. The molecule has 0 bridgehead atoms. The molecule has 1 aliphatic heterocycles. The zero-order chi connectivity index (χ0) is 22.2. The Balaban J connectivity index is 1.63. The summed E-state index contributed by atoms with van der Waals surface area (Å²) >= 11 is 12.2. The van der Waals surface area contributed by atoms with E-state index in [2.05, 4.69) is 5.32 Å². The van der Waals surface area contributed by atoms with Gasteiger partial charge in [0.2, 0.25) is 0 Å². The Morgan fingerprint density at radius 1 is 1.03 bits per heavy atom. The van der Waals surface area contributed by atoms with Gasteiger partial charge in [-0.1, -0.05) is 29.3 Å². The smallest absolute Gasteiger partial charge is 0.416 e. The van der Waals surface area contributed by atoms with Gasteiger partial charge in [0.1, 0.15) is 5.76 Å². The molecule has 0 aliphatic carbocycles. The van der Waals surface area contributed by atoms with Crippen LogP contribution in [0.4, 0.5) is 24.5 Å². The van der Waals surface area contributed by atoms with Crippen molar-refractivity contribution in [2.45, 2.75) is 19.0 Å². The van der Waals surface area contributed by atoms with Gasteiger partial charge >= 0.3 is 6.18 Å². The summed E-state index contributed by atoms with van der Waals surface area (Å²) in [6, 6.07) is 11.4. The predicted molar refractivity (Wildman–Crippen MR) is 115 cm³/mol. The molecule has 1 aromatic heterocycles. The van der Waals surface area contributed by atoms with Crippen molar-refractivity contribution in [1.29, 1.82) is 0 Å². The minimum atomic E-state index is -4.52. The predicted octanol–water partition coefficient (Wildman–Crippen LogP) is 7.12. The van der Waals surface area contributed by atoms with Crippen LogP contribution >= 0.6 is 23.2 Å². The summed E-state index contributed by atoms with van der Waals surface area (Å²) in [5.74, 6) is -0.401. The number of furan rings is 1. The largest absolute Gasteiger partial charge is 0.451 e. The van der Waals surface area contributed by atoms with E-state index in [1.807, 2.05) is 4.90 Å². The Bertz CT molecular complexity index is 1120. The number of carbonyl (C=O) groups excluding carboxylic acids is 1. The zero-order valence-electron chi connectivity index (χ0n) is 16.1. The van der Waals surface area contributed by atoms with Gasteiger partial charge in [0.15, 0.2) is 5.76 Å². The first-order valence-corrected chi connectivity index (χ1v) is 10.3. The molecule has 1 N–H and O–H groups in total. The number of alkyl halides is 3. The maximum absolute atomic E-state index is 13.2. The summed E-state index contributed by atoms with van der Waals surface area (Å²) in [5, 5.41) is 3.19. The fourth-order valence-electron chi connectivity index (χ4n) is 3.53. The van der Waals surface area contributed by atoms with E-state index in [0.29, 0.717) is 35.1 Å². The molecule has 0 saturated carbocycles.